The van der Waals surface area contributed by atoms with Crippen molar-refractivity contribution < 1.29 is 14.0 Å². The highest BCUT2D eigenvalue weighted by molar-refractivity contribution is 7.14. The van der Waals surface area contributed by atoms with Gasteiger partial charge >= 0.3 is 0 Å². The number of hydrogen-bond acceptors (Lipinski definition) is 5. The van der Waals surface area contributed by atoms with Crippen LogP contribution in [-0.2, 0) is 4.79 Å². The zero-order valence-corrected chi connectivity index (χ0v) is 18.2. The minimum Gasteiger partial charge on any atom is -0.326 e. The third kappa shape index (κ3) is 4.70. The van der Waals surface area contributed by atoms with Crippen LogP contribution in [0.2, 0.25) is 0 Å². The molecule has 0 bridgehead atoms. The molecule has 2 heterocycles. The van der Waals surface area contributed by atoms with Gasteiger partial charge in [-0.15, -0.1) is 11.3 Å². The van der Waals surface area contributed by atoms with Crippen LogP contribution in [0.25, 0.3) is 22.5 Å². The summed E-state index contributed by atoms with van der Waals surface area (Å²) in [6.45, 7) is 3.13. The van der Waals surface area contributed by atoms with Gasteiger partial charge in [0.2, 0.25) is 5.91 Å². The Morgan fingerprint density at radius 2 is 1.72 bits per heavy atom. The highest BCUT2D eigenvalue weighted by atomic mass is 32.1. The quantitative estimate of drug-likeness (QED) is 0.422. The van der Waals surface area contributed by atoms with E-state index < -0.39 is 5.82 Å². The summed E-state index contributed by atoms with van der Waals surface area (Å²) in [6.07, 6.45) is 0. The van der Waals surface area contributed by atoms with Crippen LogP contribution in [0.1, 0.15) is 23.0 Å². The molecular formula is C24H19FN4O2S. The zero-order chi connectivity index (χ0) is 22.7. The first-order chi connectivity index (χ1) is 15.4. The molecule has 2 aromatic carbocycles. The minimum absolute atomic E-state index is 0.279. The van der Waals surface area contributed by atoms with Gasteiger partial charge in [-0.25, -0.2) is 9.37 Å². The van der Waals surface area contributed by atoms with Crippen molar-refractivity contribution in [1.82, 2.24) is 9.97 Å². The molecule has 0 aliphatic heterocycles. The van der Waals surface area contributed by atoms with Crippen molar-refractivity contribution in [3.8, 4) is 22.5 Å². The van der Waals surface area contributed by atoms with Crippen LogP contribution in [-0.4, -0.2) is 21.8 Å². The predicted octanol–water partition coefficient (Wildman–Crippen LogP) is 5.53. The number of pyridine rings is 1. The summed E-state index contributed by atoms with van der Waals surface area (Å²) in [7, 11) is 0. The van der Waals surface area contributed by atoms with Crippen LogP contribution in [0.4, 0.5) is 15.2 Å². The first-order valence-electron chi connectivity index (χ1n) is 9.78. The lowest BCUT2D eigenvalue weighted by Crippen LogP contribution is -2.14. The molecule has 2 aromatic heterocycles. The molecule has 2 amide bonds. The van der Waals surface area contributed by atoms with Gasteiger partial charge in [0.15, 0.2) is 5.13 Å². The molecule has 4 rings (SSSR count). The summed E-state index contributed by atoms with van der Waals surface area (Å²) < 4.78 is 14.5. The van der Waals surface area contributed by atoms with Crippen LogP contribution in [0, 0.1) is 12.7 Å². The molecule has 2 N–H and O–H groups in total. The maximum absolute atomic E-state index is 14.5. The van der Waals surface area contributed by atoms with Crippen molar-refractivity contribution in [1.29, 1.82) is 0 Å². The summed E-state index contributed by atoms with van der Waals surface area (Å²) in [5, 5.41) is 7.30. The molecule has 6 nitrogen and oxygen atoms in total. The Hall–Kier alpha value is -3.91. The molecule has 32 heavy (non-hydrogen) atoms. The SMILES string of the molecule is CC(=O)Nc1ccc(-c2csc(NC(=O)c3ccc(-c4ccccc4)nc3C)n2)c(F)c1. The molecule has 0 aliphatic rings. The average molecular weight is 447 g/mol. The second-order valence-corrected chi connectivity index (χ2v) is 7.92. The fourth-order valence-corrected chi connectivity index (χ4v) is 3.90. The highest BCUT2D eigenvalue weighted by Crippen LogP contribution is 2.29. The summed E-state index contributed by atoms with van der Waals surface area (Å²) in [5.74, 6) is -1.13. The Labute approximate surface area is 188 Å². The molecule has 0 spiro atoms. The molecule has 0 aliphatic carbocycles. The molecular weight excluding hydrogens is 427 g/mol. The van der Waals surface area contributed by atoms with E-state index in [1.54, 1.807) is 30.5 Å². The predicted molar refractivity (Wildman–Crippen MR) is 124 cm³/mol. The van der Waals surface area contributed by atoms with Gasteiger partial charge in [-0.2, -0.15) is 0 Å². The van der Waals surface area contributed by atoms with E-state index in [4.69, 9.17) is 0 Å². The third-order valence-corrected chi connectivity index (χ3v) is 5.45. The number of benzene rings is 2. The van der Waals surface area contributed by atoms with Gasteiger partial charge in [0.05, 0.1) is 22.6 Å². The lowest BCUT2D eigenvalue weighted by atomic mass is 10.1. The van der Waals surface area contributed by atoms with E-state index in [2.05, 4.69) is 20.6 Å². The van der Waals surface area contributed by atoms with Gasteiger partial charge in [0, 0.05) is 29.1 Å². The lowest BCUT2D eigenvalue weighted by molar-refractivity contribution is -0.114. The Balaban J connectivity index is 1.50. The van der Waals surface area contributed by atoms with E-state index >= 15 is 0 Å². The largest absolute Gasteiger partial charge is 0.326 e. The summed E-state index contributed by atoms with van der Waals surface area (Å²) in [6, 6.07) is 17.6. The van der Waals surface area contributed by atoms with E-state index in [1.807, 2.05) is 30.3 Å². The molecule has 4 aromatic rings. The van der Waals surface area contributed by atoms with E-state index in [0.717, 1.165) is 11.3 Å². The van der Waals surface area contributed by atoms with Crippen LogP contribution >= 0.6 is 11.3 Å². The Bertz CT molecular complexity index is 1300. The number of nitrogens with one attached hydrogen (secondary N) is 2. The zero-order valence-electron chi connectivity index (χ0n) is 17.3. The fourth-order valence-electron chi connectivity index (χ4n) is 3.19. The van der Waals surface area contributed by atoms with Crippen molar-refractivity contribution in [2.24, 2.45) is 0 Å². The van der Waals surface area contributed by atoms with Gasteiger partial charge < -0.3 is 5.32 Å². The molecule has 0 unspecified atom stereocenters. The van der Waals surface area contributed by atoms with E-state index in [9.17, 15) is 14.0 Å². The Morgan fingerprint density at radius 1 is 0.938 bits per heavy atom. The van der Waals surface area contributed by atoms with Crippen molar-refractivity contribution in [3.63, 3.8) is 0 Å². The van der Waals surface area contributed by atoms with E-state index in [-0.39, 0.29) is 17.4 Å². The number of thiazole rings is 1. The van der Waals surface area contributed by atoms with Crippen molar-refractivity contribution in [3.05, 3.63) is 83.1 Å². The van der Waals surface area contributed by atoms with E-state index in [0.29, 0.717) is 27.8 Å². The van der Waals surface area contributed by atoms with Crippen LogP contribution in [0.5, 0.6) is 0 Å². The van der Waals surface area contributed by atoms with Gasteiger partial charge in [-0.3, -0.25) is 19.9 Å². The van der Waals surface area contributed by atoms with Crippen LogP contribution in [0.15, 0.2) is 66.0 Å². The van der Waals surface area contributed by atoms with E-state index in [1.165, 1.54) is 30.4 Å². The Morgan fingerprint density at radius 3 is 2.41 bits per heavy atom. The number of carbonyl (C=O) groups excluding carboxylic acids is 2. The van der Waals surface area contributed by atoms with Crippen LogP contribution < -0.4 is 10.6 Å². The third-order valence-electron chi connectivity index (χ3n) is 4.69. The standard InChI is InChI=1S/C24H19FN4O2S/c1-14-18(10-11-21(26-14)16-6-4-3-5-7-16)23(31)29-24-28-22(13-32-24)19-9-8-17(12-20(19)25)27-15(2)30/h3-13H,1-2H3,(H,27,30)(H,28,29,31). The van der Waals surface area contributed by atoms with Crippen molar-refractivity contribution in [2.45, 2.75) is 13.8 Å². The van der Waals surface area contributed by atoms with Crippen LogP contribution in [0.3, 0.4) is 0 Å². The number of amides is 2. The topological polar surface area (TPSA) is 84.0 Å². The van der Waals surface area contributed by atoms with Gasteiger partial charge in [0.1, 0.15) is 5.82 Å². The average Bonchev–Trinajstić information content (AvgIpc) is 3.22. The number of nitrogens with zero attached hydrogens (tertiary/aromatic N) is 2. The Kier molecular flexibility index (Phi) is 6.04. The first kappa shape index (κ1) is 21.3. The normalized spacial score (nSPS) is 10.6. The second-order valence-electron chi connectivity index (χ2n) is 7.06. The van der Waals surface area contributed by atoms with Gasteiger partial charge in [-0.1, -0.05) is 30.3 Å². The maximum Gasteiger partial charge on any atom is 0.259 e. The number of aromatic nitrogens is 2. The number of halogens is 1. The maximum atomic E-state index is 14.5. The number of carbonyl (C=O) groups is 2. The first-order valence-corrected chi connectivity index (χ1v) is 10.7. The van der Waals surface area contributed by atoms with Gasteiger partial charge in [-0.05, 0) is 37.3 Å². The molecule has 0 radical (unpaired) electrons. The number of aryl methyl sites for hydroxylation is 1. The monoisotopic (exact) mass is 446 g/mol. The highest BCUT2D eigenvalue weighted by Gasteiger charge is 2.15. The lowest BCUT2D eigenvalue weighted by Gasteiger charge is -2.08. The number of hydrogen-bond donors (Lipinski definition) is 2. The molecule has 0 atom stereocenters. The second kappa shape index (κ2) is 9.07. The van der Waals surface area contributed by atoms with Crippen molar-refractivity contribution in [2.75, 3.05) is 10.6 Å². The van der Waals surface area contributed by atoms with Gasteiger partial charge in [0.25, 0.3) is 5.91 Å². The smallest absolute Gasteiger partial charge is 0.259 e. The fraction of sp³-hybridized carbons (Fsp3) is 0.0833. The summed E-state index contributed by atoms with van der Waals surface area (Å²) in [5.41, 5.74) is 3.83. The van der Waals surface area contributed by atoms with Crippen molar-refractivity contribution >= 4 is 34.0 Å². The molecule has 0 saturated carbocycles. The molecule has 0 saturated heterocycles. The number of rotatable bonds is 5. The molecule has 8 heteroatoms. The summed E-state index contributed by atoms with van der Waals surface area (Å²) >= 11 is 1.20. The molecule has 160 valence electrons. The summed E-state index contributed by atoms with van der Waals surface area (Å²) in [4.78, 5) is 32.7. The molecule has 0 fully saturated rings. The number of anilines is 2. The minimum atomic E-state index is -0.518.